The first-order valence-corrected chi connectivity index (χ1v) is 6.87. The zero-order valence-electron chi connectivity index (χ0n) is 10.6. The first-order valence-electron chi connectivity index (χ1n) is 5.89. The third-order valence-corrected chi connectivity index (χ3v) is 3.66. The minimum absolute atomic E-state index is 0.373. The lowest BCUT2D eigenvalue weighted by atomic mass is 10.2. The van der Waals surface area contributed by atoms with E-state index in [9.17, 15) is 0 Å². The average molecular weight is 274 g/mol. The Morgan fingerprint density at radius 2 is 2.32 bits per heavy atom. The van der Waals surface area contributed by atoms with E-state index in [1.807, 2.05) is 23.6 Å². The molecule has 6 nitrogen and oxygen atoms in total. The molecule has 7 heteroatoms. The van der Waals surface area contributed by atoms with Gasteiger partial charge in [0, 0.05) is 18.5 Å². The third kappa shape index (κ3) is 2.92. The highest BCUT2D eigenvalue weighted by Gasteiger charge is 2.11. The molecular weight excluding hydrogens is 260 g/mol. The standard InChI is InChI=1S/C12H14N6S/c1-2-18-11(7-14)16-17-12(18)19-8-9-4-3-5-15-10(9)6-13/h3-5H,2,7-8,14H2,1H3. The Bertz CT molecular complexity index is 601. The smallest absolute Gasteiger partial charge is 0.191 e. The van der Waals surface area contributed by atoms with Gasteiger partial charge in [-0.3, -0.25) is 0 Å². The van der Waals surface area contributed by atoms with Crippen LogP contribution >= 0.6 is 11.8 Å². The summed E-state index contributed by atoms with van der Waals surface area (Å²) < 4.78 is 1.98. The fraction of sp³-hybridized carbons (Fsp3) is 0.333. The Balaban J connectivity index is 2.15. The number of hydrogen-bond acceptors (Lipinski definition) is 6. The van der Waals surface area contributed by atoms with Gasteiger partial charge in [-0.05, 0) is 18.6 Å². The molecule has 2 rings (SSSR count). The van der Waals surface area contributed by atoms with Crippen molar-refractivity contribution < 1.29 is 0 Å². The Labute approximate surface area is 115 Å². The molecule has 0 bridgehead atoms. The van der Waals surface area contributed by atoms with Crippen LogP contribution < -0.4 is 5.73 Å². The fourth-order valence-electron chi connectivity index (χ4n) is 1.69. The lowest BCUT2D eigenvalue weighted by Crippen LogP contribution is -2.08. The molecule has 0 amide bonds. The quantitative estimate of drug-likeness (QED) is 0.826. The minimum Gasteiger partial charge on any atom is -0.324 e. The summed E-state index contributed by atoms with van der Waals surface area (Å²) in [4.78, 5) is 4.04. The number of pyridine rings is 1. The van der Waals surface area contributed by atoms with Gasteiger partial charge in [-0.25, -0.2) is 4.98 Å². The molecule has 2 N–H and O–H groups in total. The highest BCUT2D eigenvalue weighted by molar-refractivity contribution is 7.98. The summed E-state index contributed by atoms with van der Waals surface area (Å²) in [5.41, 5.74) is 6.96. The second-order valence-electron chi connectivity index (χ2n) is 3.76. The van der Waals surface area contributed by atoms with Gasteiger partial charge in [0.05, 0.1) is 6.54 Å². The molecule has 2 aromatic heterocycles. The lowest BCUT2D eigenvalue weighted by Gasteiger charge is -2.06. The molecule has 0 saturated carbocycles. The lowest BCUT2D eigenvalue weighted by molar-refractivity contribution is 0.643. The number of rotatable bonds is 5. The van der Waals surface area contributed by atoms with Gasteiger partial charge >= 0.3 is 0 Å². The van der Waals surface area contributed by atoms with Crippen molar-refractivity contribution in [3.05, 3.63) is 35.4 Å². The summed E-state index contributed by atoms with van der Waals surface area (Å²) in [6.45, 7) is 3.18. The molecule has 98 valence electrons. The van der Waals surface area contributed by atoms with E-state index in [2.05, 4.69) is 21.3 Å². The van der Waals surface area contributed by atoms with Crippen LogP contribution in [0.3, 0.4) is 0 Å². The highest BCUT2D eigenvalue weighted by atomic mass is 32.2. The molecule has 0 aliphatic heterocycles. The molecule has 0 aromatic carbocycles. The van der Waals surface area contributed by atoms with E-state index >= 15 is 0 Å². The highest BCUT2D eigenvalue weighted by Crippen LogP contribution is 2.22. The molecule has 0 spiro atoms. The maximum absolute atomic E-state index is 8.99. The molecule has 0 aliphatic carbocycles. The van der Waals surface area contributed by atoms with E-state index < -0.39 is 0 Å². The topological polar surface area (TPSA) is 93.4 Å². The minimum atomic E-state index is 0.373. The molecule has 0 unspecified atom stereocenters. The molecule has 0 aliphatic rings. The van der Waals surface area contributed by atoms with Crippen molar-refractivity contribution in [2.45, 2.75) is 30.9 Å². The monoisotopic (exact) mass is 274 g/mol. The Kier molecular flexibility index (Phi) is 4.49. The predicted molar refractivity (Wildman–Crippen MR) is 72.1 cm³/mol. The van der Waals surface area contributed by atoms with Crippen LogP contribution in [0.1, 0.15) is 24.0 Å². The normalized spacial score (nSPS) is 10.4. The molecule has 2 heterocycles. The van der Waals surface area contributed by atoms with Crippen LogP contribution in [0.25, 0.3) is 0 Å². The van der Waals surface area contributed by atoms with Gasteiger partial charge in [0.15, 0.2) is 5.16 Å². The van der Waals surface area contributed by atoms with Crippen LogP contribution in [0.2, 0.25) is 0 Å². The molecule has 0 atom stereocenters. The van der Waals surface area contributed by atoms with Crippen molar-refractivity contribution >= 4 is 11.8 Å². The van der Waals surface area contributed by atoms with E-state index in [1.54, 1.807) is 6.20 Å². The van der Waals surface area contributed by atoms with Gasteiger partial charge in [-0.1, -0.05) is 17.8 Å². The van der Waals surface area contributed by atoms with E-state index in [4.69, 9.17) is 11.0 Å². The summed E-state index contributed by atoms with van der Waals surface area (Å²) in [6.07, 6.45) is 1.62. The van der Waals surface area contributed by atoms with Crippen LogP contribution in [0, 0.1) is 11.3 Å². The Hall–Kier alpha value is -1.91. The zero-order chi connectivity index (χ0) is 13.7. The summed E-state index contributed by atoms with van der Waals surface area (Å²) >= 11 is 1.53. The van der Waals surface area contributed by atoms with E-state index in [0.29, 0.717) is 18.0 Å². The van der Waals surface area contributed by atoms with Gasteiger partial charge in [0.25, 0.3) is 0 Å². The molecule has 19 heavy (non-hydrogen) atoms. The first-order chi connectivity index (χ1) is 9.30. The first kappa shape index (κ1) is 13.5. The van der Waals surface area contributed by atoms with Crippen LogP contribution in [0.15, 0.2) is 23.5 Å². The van der Waals surface area contributed by atoms with Crippen molar-refractivity contribution in [2.24, 2.45) is 5.73 Å². The Morgan fingerprint density at radius 3 is 3.00 bits per heavy atom. The second kappa shape index (κ2) is 6.31. The summed E-state index contributed by atoms with van der Waals surface area (Å²) in [5.74, 6) is 1.41. The van der Waals surface area contributed by atoms with Crippen molar-refractivity contribution in [1.82, 2.24) is 19.7 Å². The maximum atomic E-state index is 8.99. The van der Waals surface area contributed by atoms with Crippen molar-refractivity contribution in [3.63, 3.8) is 0 Å². The van der Waals surface area contributed by atoms with Crippen molar-refractivity contribution in [2.75, 3.05) is 0 Å². The van der Waals surface area contributed by atoms with E-state index in [0.717, 1.165) is 23.1 Å². The van der Waals surface area contributed by atoms with Crippen LogP contribution in [0.4, 0.5) is 0 Å². The van der Waals surface area contributed by atoms with Crippen molar-refractivity contribution in [3.8, 4) is 6.07 Å². The van der Waals surface area contributed by atoms with E-state index in [1.165, 1.54) is 11.8 Å². The van der Waals surface area contributed by atoms with Gasteiger partial charge in [0.2, 0.25) is 0 Å². The second-order valence-corrected chi connectivity index (χ2v) is 4.70. The summed E-state index contributed by atoms with van der Waals surface area (Å²) in [7, 11) is 0. The largest absolute Gasteiger partial charge is 0.324 e. The summed E-state index contributed by atoms with van der Waals surface area (Å²) in [5, 5.41) is 18.0. The van der Waals surface area contributed by atoms with E-state index in [-0.39, 0.29) is 0 Å². The predicted octanol–water partition coefficient (Wildman–Crippen LogP) is 1.32. The van der Waals surface area contributed by atoms with Gasteiger partial charge in [-0.2, -0.15) is 5.26 Å². The number of hydrogen-bond donors (Lipinski definition) is 1. The van der Waals surface area contributed by atoms with Crippen LogP contribution in [-0.4, -0.2) is 19.7 Å². The number of nitrogens with two attached hydrogens (primary N) is 1. The number of thioether (sulfide) groups is 1. The number of nitriles is 1. The average Bonchev–Trinajstić information content (AvgIpc) is 2.87. The van der Waals surface area contributed by atoms with Crippen LogP contribution in [-0.2, 0) is 18.8 Å². The SMILES string of the molecule is CCn1c(CN)nnc1SCc1cccnc1C#N. The van der Waals surface area contributed by atoms with Crippen molar-refractivity contribution in [1.29, 1.82) is 5.26 Å². The molecular formula is C12H14N6S. The van der Waals surface area contributed by atoms with Crippen LogP contribution in [0.5, 0.6) is 0 Å². The maximum Gasteiger partial charge on any atom is 0.191 e. The van der Waals surface area contributed by atoms with Gasteiger partial charge < -0.3 is 10.3 Å². The van der Waals surface area contributed by atoms with Gasteiger partial charge in [-0.15, -0.1) is 10.2 Å². The molecule has 0 fully saturated rings. The molecule has 2 aromatic rings. The Morgan fingerprint density at radius 1 is 1.47 bits per heavy atom. The molecule has 0 saturated heterocycles. The summed E-state index contributed by atoms with van der Waals surface area (Å²) in [6, 6.07) is 5.81. The zero-order valence-corrected chi connectivity index (χ0v) is 11.4. The van der Waals surface area contributed by atoms with Gasteiger partial charge in [0.1, 0.15) is 17.6 Å². The fourth-order valence-corrected chi connectivity index (χ4v) is 2.70. The molecule has 0 radical (unpaired) electrons. The number of aromatic nitrogens is 4. The number of nitrogens with zero attached hydrogens (tertiary/aromatic N) is 5. The third-order valence-electron chi connectivity index (χ3n) is 2.65.